The number of benzene rings is 9. The number of rotatable bonds is 8. The third kappa shape index (κ3) is 8.30. The van der Waals surface area contributed by atoms with Crippen LogP contribution in [0.15, 0.2) is 229 Å². The second-order valence-electron chi connectivity index (χ2n) is 28.8. The molecule has 0 spiro atoms. The first-order chi connectivity index (χ1) is 41.3. The zero-order chi connectivity index (χ0) is 59.3. The average molecular weight is 1120 g/mol. The van der Waals surface area contributed by atoms with Gasteiger partial charge in [-0.05, 0) is 129 Å². The van der Waals surface area contributed by atoms with E-state index in [4.69, 9.17) is 0 Å². The Morgan fingerprint density at radius 3 is 1.42 bits per heavy atom. The Hall–Kier alpha value is -8.86. The molecule has 3 aromatic heterocycles. The minimum absolute atomic E-state index is 0.0303. The predicted octanol–water partition coefficient (Wildman–Crippen LogP) is 23.0. The summed E-state index contributed by atoms with van der Waals surface area (Å²) in [5.41, 5.74) is 27.0. The smallest absolute Gasteiger partial charge is 0.0654 e. The second-order valence-corrected chi connectivity index (χ2v) is 28.8. The van der Waals surface area contributed by atoms with Crippen molar-refractivity contribution in [1.82, 2.24) is 8.97 Å². The molecule has 0 bridgehead atoms. The molecule has 86 heavy (non-hydrogen) atoms. The van der Waals surface area contributed by atoms with Gasteiger partial charge in [0.2, 0.25) is 0 Å². The summed E-state index contributed by atoms with van der Waals surface area (Å²) in [6.45, 7) is 27.8. The molecule has 3 aliphatic rings. The van der Waals surface area contributed by atoms with Crippen LogP contribution in [0.2, 0.25) is 0 Å². The van der Waals surface area contributed by atoms with Crippen molar-refractivity contribution in [3.8, 4) is 22.3 Å². The summed E-state index contributed by atoms with van der Waals surface area (Å²) in [6.07, 6.45) is 12.5. The minimum Gasteiger partial charge on any atom is -0.331 e. The molecule has 1 atom stereocenters. The van der Waals surface area contributed by atoms with Gasteiger partial charge >= 0.3 is 0 Å². The number of fused-ring (bicyclic) bond motifs is 12. The van der Waals surface area contributed by atoms with Crippen molar-refractivity contribution < 1.29 is 0 Å². The fourth-order valence-electron chi connectivity index (χ4n) is 14.9. The van der Waals surface area contributed by atoms with E-state index in [1.807, 2.05) is 0 Å². The van der Waals surface area contributed by atoms with Gasteiger partial charge in [-0.25, -0.2) is 0 Å². The summed E-state index contributed by atoms with van der Waals surface area (Å²) in [5, 5.41) is 7.70. The molecule has 2 aliphatic carbocycles. The van der Waals surface area contributed by atoms with Gasteiger partial charge in [-0.15, -0.1) is 0 Å². The number of hydrogen-bond donors (Lipinski definition) is 0. The lowest BCUT2D eigenvalue weighted by molar-refractivity contribution is 0.479. The molecule has 1 unspecified atom stereocenters. The standard InChI is InChI=1S/C82H78N4/c1-79(2,3)53-35-43-57(44-36-53)83(58-45-37-54(38-46-58)80(4,5)6)65-31-21-33-67-71(65)61-27-19-29-63-73-70(52-25-17-14-18-26-52)78-74(69(51-23-15-13-16-24-51)77(73)85(67)75(61)63)64-30-20-28-62-72-66(32-22-34-68(72)86(78)76(62)64)84(59-47-39-55(40-48-59)81(7,8)9)60-49-41-56(42-50-60)82(10,11)12/h13-33,35-37,39-45,47-50,68H,34,38,46H2,1-12H3. The first-order valence-electron chi connectivity index (χ1n) is 31.3. The summed E-state index contributed by atoms with van der Waals surface area (Å²) < 4.78 is 5.47. The van der Waals surface area contributed by atoms with Crippen LogP contribution in [-0.4, -0.2) is 8.97 Å². The van der Waals surface area contributed by atoms with Crippen molar-refractivity contribution in [3.63, 3.8) is 0 Å². The van der Waals surface area contributed by atoms with Crippen LogP contribution in [0.5, 0.6) is 0 Å². The zero-order valence-electron chi connectivity index (χ0n) is 52.2. The fraction of sp³-hybridized carbons (Fsp3) is 0.244. The van der Waals surface area contributed by atoms with Crippen LogP contribution in [0.4, 0.5) is 22.7 Å². The summed E-state index contributed by atoms with van der Waals surface area (Å²) in [6, 6.07) is 72.2. The lowest BCUT2D eigenvalue weighted by Gasteiger charge is -2.33. The molecule has 9 aromatic carbocycles. The Balaban J connectivity index is 1.05. The molecule has 15 rings (SSSR count). The SMILES string of the molecule is CC(C)(C)C1=CC=C(N(c2ccc(C(C)(C)C)cc2)c2cccc3c2c2cccc4c5c(-c6ccccc6)c6c(c(-c7ccccc7)c5n3c24)c2cccc3c2n6C2CC=CC(N(c4ccc(C(C)(C)C)cc4)c4ccc(C(C)(C)C)cc4)=C32)CC1. The van der Waals surface area contributed by atoms with Crippen LogP contribution < -0.4 is 9.80 Å². The second kappa shape index (κ2) is 19.3. The third-order valence-electron chi connectivity index (χ3n) is 19.3. The molecule has 0 saturated heterocycles. The highest BCUT2D eigenvalue weighted by molar-refractivity contribution is 6.37. The van der Waals surface area contributed by atoms with Crippen molar-refractivity contribution >= 4 is 88.2 Å². The third-order valence-corrected chi connectivity index (χ3v) is 19.3. The van der Waals surface area contributed by atoms with Gasteiger partial charge in [-0.2, -0.15) is 0 Å². The summed E-state index contributed by atoms with van der Waals surface area (Å²) >= 11 is 0. The molecule has 4 nitrogen and oxygen atoms in total. The molecule has 12 aromatic rings. The highest BCUT2D eigenvalue weighted by atomic mass is 15.2. The van der Waals surface area contributed by atoms with E-state index in [1.54, 1.807) is 0 Å². The van der Waals surface area contributed by atoms with E-state index in [9.17, 15) is 0 Å². The summed E-state index contributed by atoms with van der Waals surface area (Å²) in [7, 11) is 0. The van der Waals surface area contributed by atoms with Crippen LogP contribution in [0.3, 0.4) is 0 Å². The predicted molar refractivity (Wildman–Crippen MR) is 369 cm³/mol. The topological polar surface area (TPSA) is 15.8 Å². The van der Waals surface area contributed by atoms with Crippen LogP contribution in [0, 0.1) is 5.41 Å². The number of hydrogen-bond acceptors (Lipinski definition) is 2. The molecule has 1 aliphatic heterocycles. The maximum atomic E-state index is 2.79. The Labute approximate surface area is 508 Å². The lowest BCUT2D eigenvalue weighted by Crippen LogP contribution is -2.21. The highest BCUT2D eigenvalue weighted by Gasteiger charge is 2.40. The Bertz CT molecular complexity index is 4760. The van der Waals surface area contributed by atoms with E-state index < -0.39 is 0 Å². The molecular formula is C82H78N4. The Kier molecular flexibility index (Phi) is 12.1. The number of anilines is 4. The van der Waals surface area contributed by atoms with Gasteiger partial charge in [0.1, 0.15) is 0 Å². The van der Waals surface area contributed by atoms with Gasteiger partial charge in [0.15, 0.2) is 0 Å². The van der Waals surface area contributed by atoms with Crippen molar-refractivity contribution in [2.75, 3.05) is 9.80 Å². The highest BCUT2D eigenvalue weighted by Crippen LogP contribution is 2.59. The van der Waals surface area contributed by atoms with Gasteiger partial charge in [0.25, 0.3) is 0 Å². The van der Waals surface area contributed by atoms with Crippen molar-refractivity contribution in [2.45, 2.75) is 125 Å². The number of para-hydroxylation sites is 2. The maximum Gasteiger partial charge on any atom is 0.0654 e. The first-order valence-corrected chi connectivity index (χ1v) is 31.3. The maximum absolute atomic E-state index is 2.79. The molecule has 0 amide bonds. The molecule has 0 fully saturated rings. The first kappa shape index (κ1) is 53.8. The summed E-state index contributed by atoms with van der Waals surface area (Å²) in [4.78, 5) is 5.12. The lowest BCUT2D eigenvalue weighted by atomic mass is 9.81. The van der Waals surface area contributed by atoms with Crippen molar-refractivity contribution in [3.05, 3.63) is 252 Å². The van der Waals surface area contributed by atoms with E-state index in [-0.39, 0.29) is 27.7 Å². The van der Waals surface area contributed by atoms with E-state index in [0.29, 0.717) is 0 Å². The Morgan fingerprint density at radius 2 is 0.895 bits per heavy atom. The number of allylic oxidation sites excluding steroid dienone is 7. The molecule has 0 saturated carbocycles. The van der Waals surface area contributed by atoms with Crippen LogP contribution >= 0.6 is 0 Å². The van der Waals surface area contributed by atoms with Gasteiger partial charge in [0, 0.05) is 77.3 Å². The molecule has 426 valence electrons. The monoisotopic (exact) mass is 1120 g/mol. The van der Waals surface area contributed by atoms with Crippen LogP contribution in [0.1, 0.15) is 131 Å². The van der Waals surface area contributed by atoms with E-state index in [1.165, 1.54) is 138 Å². The summed E-state index contributed by atoms with van der Waals surface area (Å²) in [5.74, 6) is 0. The quantitative estimate of drug-likeness (QED) is 0.151. The molecule has 0 radical (unpaired) electrons. The van der Waals surface area contributed by atoms with Gasteiger partial charge < -0.3 is 18.8 Å². The largest absolute Gasteiger partial charge is 0.331 e. The van der Waals surface area contributed by atoms with Gasteiger partial charge in [-0.1, -0.05) is 240 Å². The van der Waals surface area contributed by atoms with Crippen molar-refractivity contribution in [1.29, 1.82) is 0 Å². The molecule has 4 heteroatoms. The number of aromatic nitrogens is 2. The molecular weight excluding hydrogens is 1040 g/mol. The molecule has 4 heterocycles. The zero-order valence-corrected chi connectivity index (χ0v) is 52.2. The van der Waals surface area contributed by atoms with Crippen LogP contribution in [-0.2, 0) is 16.2 Å². The van der Waals surface area contributed by atoms with Crippen molar-refractivity contribution in [2.24, 2.45) is 5.41 Å². The Morgan fingerprint density at radius 1 is 0.407 bits per heavy atom. The van der Waals surface area contributed by atoms with E-state index in [0.717, 1.165) is 30.6 Å². The number of nitrogens with zero attached hydrogens (tertiary/aromatic N) is 4. The van der Waals surface area contributed by atoms with E-state index in [2.05, 4.69) is 314 Å². The van der Waals surface area contributed by atoms with Gasteiger partial charge in [0.05, 0.1) is 45.0 Å². The minimum atomic E-state index is 0.0303. The van der Waals surface area contributed by atoms with Gasteiger partial charge in [-0.3, -0.25) is 0 Å². The van der Waals surface area contributed by atoms with Crippen LogP contribution in [0.25, 0.3) is 87.7 Å². The normalized spacial score (nSPS) is 15.7. The fourth-order valence-corrected chi connectivity index (χ4v) is 14.9. The van der Waals surface area contributed by atoms with E-state index >= 15 is 0 Å². The average Bonchev–Trinajstić information content (AvgIpc) is 1.50. The molecule has 0 N–H and O–H groups in total.